The summed E-state index contributed by atoms with van der Waals surface area (Å²) < 4.78 is 11.0. The lowest BCUT2D eigenvalue weighted by Crippen LogP contribution is -2.31. The Bertz CT molecular complexity index is 1050. The van der Waals surface area contributed by atoms with Crippen molar-refractivity contribution in [3.05, 3.63) is 77.2 Å². The highest BCUT2D eigenvalue weighted by molar-refractivity contribution is 6.62. The second-order valence-electron chi connectivity index (χ2n) is 6.89. The van der Waals surface area contributed by atoms with Crippen molar-refractivity contribution in [3.63, 3.8) is 0 Å². The van der Waals surface area contributed by atoms with Crippen LogP contribution in [0.25, 0.3) is 0 Å². The Morgan fingerprint density at radius 3 is 2.73 bits per heavy atom. The highest BCUT2D eigenvalue weighted by atomic mass is 16.5. The highest BCUT2D eigenvalue weighted by Gasteiger charge is 2.30. The first-order valence-electron chi connectivity index (χ1n) is 9.45. The smallest absolute Gasteiger partial charge is 0.437 e. The zero-order chi connectivity index (χ0) is 21.1. The number of aliphatic hydroxyl groups is 1. The largest absolute Gasteiger partial charge is 0.492 e. The standard InChI is InChI=1S/C21H20BN3O5/c1-13-18(8-7-15-12-29-22(28)20(13)15)30-19-10-23-16(9-24-19)21(27)25-17(11-26)14-5-3-2-4-6-14/h2-10,17,26,28H,11-12H2,1H3,(H,25,27)/t17-/m0/s1. The number of nitrogens with one attached hydrogen (secondary N) is 1. The maximum absolute atomic E-state index is 12.5. The van der Waals surface area contributed by atoms with Gasteiger partial charge in [-0.25, -0.2) is 9.97 Å². The van der Waals surface area contributed by atoms with E-state index in [1.54, 1.807) is 6.07 Å². The molecule has 0 saturated heterocycles. The van der Waals surface area contributed by atoms with E-state index < -0.39 is 19.1 Å². The molecule has 0 saturated carbocycles. The van der Waals surface area contributed by atoms with Crippen LogP contribution >= 0.6 is 0 Å². The molecule has 0 bridgehead atoms. The van der Waals surface area contributed by atoms with Gasteiger partial charge in [0.1, 0.15) is 11.4 Å². The van der Waals surface area contributed by atoms with Crippen LogP contribution in [-0.2, 0) is 11.3 Å². The van der Waals surface area contributed by atoms with Gasteiger partial charge in [-0.1, -0.05) is 36.4 Å². The lowest BCUT2D eigenvalue weighted by molar-refractivity contribution is 0.0910. The Labute approximate surface area is 173 Å². The molecule has 1 amide bonds. The number of ether oxygens (including phenoxy) is 1. The van der Waals surface area contributed by atoms with E-state index in [2.05, 4.69) is 15.3 Å². The third-order valence-corrected chi connectivity index (χ3v) is 4.96. The molecule has 152 valence electrons. The van der Waals surface area contributed by atoms with E-state index in [0.717, 1.165) is 16.7 Å². The van der Waals surface area contributed by atoms with Crippen LogP contribution in [0.5, 0.6) is 11.6 Å². The molecule has 9 heteroatoms. The number of aromatic nitrogens is 2. The molecule has 1 aliphatic heterocycles. The van der Waals surface area contributed by atoms with Crippen LogP contribution in [0.4, 0.5) is 0 Å². The molecule has 0 fully saturated rings. The van der Waals surface area contributed by atoms with Crippen molar-refractivity contribution in [1.29, 1.82) is 0 Å². The number of carbonyl (C=O) groups is 1. The monoisotopic (exact) mass is 405 g/mol. The minimum atomic E-state index is -0.968. The fraction of sp³-hybridized carbons (Fsp3) is 0.190. The molecule has 8 nitrogen and oxygen atoms in total. The predicted molar refractivity (Wildman–Crippen MR) is 109 cm³/mol. The summed E-state index contributed by atoms with van der Waals surface area (Å²) in [6.45, 7) is 1.95. The number of nitrogens with zero attached hydrogens (tertiary/aromatic N) is 2. The Morgan fingerprint density at radius 1 is 1.23 bits per heavy atom. The zero-order valence-electron chi connectivity index (χ0n) is 16.3. The van der Waals surface area contributed by atoms with Gasteiger partial charge in [0.2, 0.25) is 5.88 Å². The fourth-order valence-electron chi connectivity index (χ4n) is 3.35. The summed E-state index contributed by atoms with van der Waals surface area (Å²) in [5, 5.41) is 22.3. The summed E-state index contributed by atoms with van der Waals surface area (Å²) in [6.07, 6.45) is 2.66. The van der Waals surface area contributed by atoms with Crippen molar-refractivity contribution in [1.82, 2.24) is 15.3 Å². The Kier molecular flexibility index (Phi) is 5.76. The summed E-state index contributed by atoms with van der Waals surface area (Å²) in [7, 11) is -0.968. The van der Waals surface area contributed by atoms with E-state index in [1.165, 1.54) is 12.4 Å². The fourth-order valence-corrected chi connectivity index (χ4v) is 3.35. The molecule has 1 aromatic heterocycles. The number of fused-ring (bicyclic) bond motifs is 1. The van der Waals surface area contributed by atoms with E-state index >= 15 is 0 Å². The van der Waals surface area contributed by atoms with E-state index in [4.69, 9.17) is 9.39 Å². The molecule has 0 radical (unpaired) electrons. The van der Waals surface area contributed by atoms with E-state index in [0.29, 0.717) is 17.8 Å². The second-order valence-corrected chi connectivity index (χ2v) is 6.89. The molecule has 3 N–H and O–H groups in total. The molecule has 3 aromatic rings. The maximum Gasteiger partial charge on any atom is 0.492 e. The summed E-state index contributed by atoms with van der Waals surface area (Å²) in [4.78, 5) is 20.7. The number of benzene rings is 2. The van der Waals surface area contributed by atoms with Crippen molar-refractivity contribution in [2.24, 2.45) is 0 Å². The van der Waals surface area contributed by atoms with Gasteiger partial charge in [0, 0.05) is 0 Å². The van der Waals surface area contributed by atoms with Crippen molar-refractivity contribution < 1.29 is 24.3 Å². The topological polar surface area (TPSA) is 114 Å². The molecule has 0 spiro atoms. The van der Waals surface area contributed by atoms with Crippen molar-refractivity contribution in [2.75, 3.05) is 6.61 Å². The minimum Gasteiger partial charge on any atom is -0.437 e. The first kappa shape index (κ1) is 20.0. The molecular formula is C21H20BN3O5. The molecule has 0 unspecified atom stereocenters. The van der Waals surface area contributed by atoms with Crippen LogP contribution in [0.1, 0.15) is 33.2 Å². The van der Waals surface area contributed by atoms with Crippen molar-refractivity contribution in [3.8, 4) is 11.6 Å². The van der Waals surface area contributed by atoms with E-state index in [9.17, 15) is 14.9 Å². The van der Waals surface area contributed by atoms with Gasteiger partial charge in [0.25, 0.3) is 5.91 Å². The molecule has 4 rings (SSSR count). The molecule has 1 aliphatic rings. The van der Waals surface area contributed by atoms with Gasteiger partial charge in [0.05, 0.1) is 31.6 Å². The lowest BCUT2D eigenvalue weighted by atomic mass is 9.76. The Hall–Kier alpha value is -3.27. The van der Waals surface area contributed by atoms with Gasteiger partial charge in [-0.2, -0.15) is 0 Å². The number of aliphatic hydroxyl groups excluding tert-OH is 1. The van der Waals surface area contributed by atoms with Crippen molar-refractivity contribution in [2.45, 2.75) is 19.6 Å². The van der Waals surface area contributed by atoms with Gasteiger partial charge < -0.3 is 24.8 Å². The number of rotatable bonds is 6. The van der Waals surface area contributed by atoms with Gasteiger partial charge in [-0.15, -0.1) is 0 Å². The summed E-state index contributed by atoms with van der Waals surface area (Å²) in [5.41, 5.74) is 3.27. The zero-order valence-corrected chi connectivity index (χ0v) is 16.3. The van der Waals surface area contributed by atoms with Gasteiger partial charge in [-0.3, -0.25) is 4.79 Å². The van der Waals surface area contributed by atoms with E-state index in [1.807, 2.05) is 43.3 Å². The number of amides is 1. The van der Waals surface area contributed by atoms with Crippen LogP contribution < -0.4 is 15.5 Å². The minimum absolute atomic E-state index is 0.103. The average molecular weight is 405 g/mol. The summed E-state index contributed by atoms with van der Waals surface area (Å²) >= 11 is 0. The van der Waals surface area contributed by atoms with Crippen LogP contribution in [0.2, 0.25) is 0 Å². The number of hydrogen-bond donors (Lipinski definition) is 3. The predicted octanol–water partition coefficient (Wildman–Crippen LogP) is 1.26. The maximum atomic E-state index is 12.5. The third-order valence-electron chi connectivity index (χ3n) is 4.96. The average Bonchev–Trinajstić information content (AvgIpc) is 3.16. The second kappa shape index (κ2) is 8.62. The molecule has 2 heterocycles. The Balaban J connectivity index is 1.46. The molecular weight excluding hydrogens is 385 g/mol. The number of hydrogen-bond acceptors (Lipinski definition) is 7. The molecule has 2 aromatic carbocycles. The molecule has 1 atom stereocenters. The lowest BCUT2D eigenvalue weighted by Gasteiger charge is -2.16. The van der Waals surface area contributed by atoms with Crippen LogP contribution in [0.15, 0.2) is 54.9 Å². The van der Waals surface area contributed by atoms with Gasteiger partial charge in [0.15, 0.2) is 0 Å². The summed E-state index contributed by atoms with van der Waals surface area (Å²) in [5.74, 6) is 0.282. The normalized spacial score (nSPS) is 13.6. The summed E-state index contributed by atoms with van der Waals surface area (Å²) in [6, 6.07) is 12.3. The van der Waals surface area contributed by atoms with Crippen molar-refractivity contribution >= 4 is 18.5 Å². The van der Waals surface area contributed by atoms with Gasteiger partial charge in [-0.05, 0) is 35.1 Å². The SMILES string of the molecule is Cc1c(Oc2cnc(C(=O)N[C@@H](CO)c3ccccc3)cn2)ccc2c1B(O)OC2. The first-order chi connectivity index (χ1) is 14.6. The first-order valence-corrected chi connectivity index (χ1v) is 9.45. The van der Waals surface area contributed by atoms with E-state index in [-0.39, 0.29) is 18.2 Å². The molecule has 30 heavy (non-hydrogen) atoms. The van der Waals surface area contributed by atoms with Gasteiger partial charge >= 0.3 is 7.12 Å². The highest BCUT2D eigenvalue weighted by Crippen LogP contribution is 2.25. The quantitative estimate of drug-likeness (QED) is 0.529. The molecule has 0 aliphatic carbocycles. The van der Waals surface area contributed by atoms with Crippen LogP contribution in [0, 0.1) is 6.92 Å². The Morgan fingerprint density at radius 2 is 2.03 bits per heavy atom. The number of carbonyl (C=O) groups excluding carboxylic acids is 1. The van der Waals surface area contributed by atoms with Crippen LogP contribution in [-0.4, -0.2) is 39.7 Å². The third kappa shape index (κ3) is 4.04. The van der Waals surface area contributed by atoms with Crippen LogP contribution in [0.3, 0.4) is 0 Å².